The Morgan fingerprint density at radius 2 is 1.88 bits per heavy atom. The Morgan fingerprint density at radius 3 is 2.52 bits per heavy atom. The highest BCUT2D eigenvalue weighted by Gasteiger charge is 2.24. The number of aryl methyl sites for hydroxylation is 3. The molecule has 2 aromatic rings. The Labute approximate surface area is 149 Å². The summed E-state index contributed by atoms with van der Waals surface area (Å²) in [5.41, 5.74) is 3.09. The van der Waals surface area contributed by atoms with Gasteiger partial charge in [0.25, 0.3) is 5.91 Å². The zero-order valence-electron chi connectivity index (χ0n) is 15.2. The molecule has 3 rings (SSSR count). The van der Waals surface area contributed by atoms with Crippen molar-refractivity contribution in [3.8, 4) is 0 Å². The molecule has 1 aromatic heterocycles. The van der Waals surface area contributed by atoms with Gasteiger partial charge in [0.1, 0.15) is 11.6 Å². The second-order valence-corrected chi connectivity index (χ2v) is 6.72. The third-order valence-corrected chi connectivity index (χ3v) is 4.79. The highest BCUT2D eigenvalue weighted by molar-refractivity contribution is 5.94. The number of nitrogens with zero attached hydrogens (tertiary/aromatic N) is 3. The highest BCUT2D eigenvalue weighted by atomic mass is 16.2. The molecule has 0 radical (unpaired) electrons. The first-order chi connectivity index (χ1) is 12.1. The van der Waals surface area contributed by atoms with E-state index in [4.69, 9.17) is 0 Å². The number of rotatable bonds is 4. The molecule has 25 heavy (non-hydrogen) atoms. The van der Waals surface area contributed by atoms with Gasteiger partial charge < -0.3 is 10.2 Å². The van der Waals surface area contributed by atoms with Crippen LogP contribution in [0.1, 0.15) is 47.1 Å². The van der Waals surface area contributed by atoms with Gasteiger partial charge in [0, 0.05) is 36.5 Å². The van der Waals surface area contributed by atoms with Gasteiger partial charge in [-0.15, -0.1) is 0 Å². The van der Waals surface area contributed by atoms with Crippen molar-refractivity contribution in [3.63, 3.8) is 0 Å². The maximum Gasteiger partial charge on any atom is 0.253 e. The van der Waals surface area contributed by atoms with Gasteiger partial charge in [0.15, 0.2) is 0 Å². The minimum atomic E-state index is 0.130. The zero-order valence-corrected chi connectivity index (χ0v) is 15.2. The van der Waals surface area contributed by atoms with E-state index in [9.17, 15) is 4.79 Å². The van der Waals surface area contributed by atoms with Gasteiger partial charge in [-0.25, -0.2) is 9.97 Å². The molecule has 1 aromatic carbocycles. The Bertz CT molecular complexity index is 734. The Hall–Kier alpha value is -2.43. The minimum absolute atomic E-state index is 0.130. The fraction of sp³-hybridized carbons (Fsp3) is 0.450. The Morgan fingerprint density at radius 1 is 1.20 bits per heavy atom. The average Bonchev–Trinajstić information content (AvgIpc) is 2.63. The normalized spacial score (nSPS) is 15.2. The molecule has 1 N–H and O–H groups in total. The van der Waals surface area contributed by atoms with Gasteiger partial charge in [0.2, 0.25) is 0 Å². The summed E-state index contributed by atoms with van der Waals surface area (Å²) in [7, 11) is 0. The molecule has 1 fully saturated rings. The smallest absolute Gasteiger partial charge is 0.253 e. The molecule has 1 saturated heterocycles. The molecule has 5 heteroatoms. The summed E-state index contributed by atoms with van der Waals surface area (Å²) in [5, 5.41) is 3.56. The summed E-state index contributed by atoms with van der Waals surface area (Å²) >= 11 is 0. The first-order valence-electron chi connectivity index (χ1n) is 9.02. The number of amides is 1. The molecule has 0 atom stereocenters. The Kier molecular flexibility index (Phi) is 5.31. The summed E-state index contributed by atoms with van der Waals surface area (Å²) in [4.78, 5) is 23.4. The third kappa shape index (κ3) is 4.16. The van der Waals surface area contributed by atoms with Crippen molar-refractivity contribution in [2.24, 2.45) is 0 Å². The van der Waals surface area contributed by atoms with Crippen molar-refractivity contribution in [2.45, 2.75) is 46.1 Å². The molecule has 2 heterocycles. The number of piperidine rings is 1. The van der Waals surface area contributed by atoms with Crippen molar-refractivity contribution in [1.29, 1.82) is 0 Å². The first kappa shape index (κ1) is 17.4. The minimum Gasteiger partial charge on any atom is -0.367 e. The fourth-order valence-electron chi connectivity index (χ4n) is 3.18. The van der Waals surface area contributed by atoms with E-state index in [0.29, 0.717) is 6.04 Å². The number of carbonyl (C=O) groups excluding carboxylic acids is 1. The van der Waals surface area contributed by atoms with Crippen LogP contribution in [0.2, 0.25) is 0 Å². The van der Waals surface area contributed by atoms with Crippen LogP contribution >= 0.6 is 0 Å². The SMILES string of the molecule is CCc1cnc(C)nc1NC1CCN(C(=O)c2ccc(C)cc2)CC1. The number of likely N-dealkylation sites (tertiary alicyclic amines) is 1. The molecule has 0 unspecified atom stereocenters. The van der Waals surface area contributed by atoms with E-state index in [1.165, 1.54) is 5.56 Å². The summed E-state index contributed by atoms with van der Waals surface area (Å²) in [6, 6.07) is 8.16. The second-order valence-electron chi connectivity index (χ2n) is 6.72. The van der Waals surface area contributed by atoms with Crippen molar-refractivity contribution in [1.82, 2.24) is 14.9 Å². The molecule has 0 aliphatic carbocycles. The summed E-state index contributed by atoms with van der Waals surface area (Å²) in [6.45, 7) is 7.60. The monoisotopic (exact) mass is 338 g/mol. The topological polar surface area (TPSA) is 58.1 Å². The van der Waals surface area contributed by atoms with Crippen LogP contribution in [0.5, 0.6) is 0 Å². The molecule has 132 valence electrons. The maximum atomic E-state index is 12.6. The first-order valence-corrected chi connectivity index (χ1v) is 9.02. The number of nitrogens with one attached hydrogen (secondary N) is 1. The predicted octanol–water partition coefficient (Wildman–Crippen LogP) is 3.37. The number of hydrogen-bond acceptors (Lipinski definition) is 4. The van der Waals surface area contributed by atoms with Gasteiger partial charge in [-0.05, 0) is 45.2 Å². The van der Waals surface area contributed by atoms with Crippen LogP contribution < -0.4 is 5.32 Å². The van der Waals surface area contributed by atoms with E-state index >= 15 is 0 Å². The number of benzene rings is 1. The zero-order chi connectivity index (χ0) is 17.8. The standard InChI is InChI=1S/C20H26N4O/c1-4-16-13-21-15(3)22-19(16)23-18-9-11-24(12-10-18)20(25)17-7-5-14(2)6-8-17/h5-8,13,18H,4,9-12H2,1-3H3,(H,21,22,23). The number of hydrogen-bond donors (Lipinski definition) is 1. The molecule has 0 spiro atoms. The number of anilines is 1. The molecule has 1 aliphatic heterocycles. The predicted molar refractivity (Wildman–Crippen MR) is 99.9 cm³/mol. The van der Waals surface area contributed by atoms with Gasteiger partial charge in [-0.2, -0.15) is 0 Å². The van der Waals surface area contributed by atoms with E-state index < -0.39 is 0 Å². The van der Waals surface area contributed by atoms with E-state index in [1.54, 1.807) is 0 Å². The van der Waals surface area contributed by atoms with E-state index in [0.717, 1.165) is 55.1 Å². The molecular formula is C20H26N4O. The van der Waals surface area contributed by atoms with E-state index in [-0.39, 0.29) is 5.91 Å². The van der Waals surface area contributed by atoms with E-state index in [2.05, 4.69) is 22.2 Å². The van der Waals surface area contributed by atoms with Crippen molar-refractivity contribution < 1.29 is 4.79 Å². The highest BCUT2D eigenvalue weighted by Crippen LogP contribution is 2.20. The number of aromatic nitrogens is 2. The van der Waals surface area contributed by atoms with Crippen LogP contribution in [0.25, 0.3) is 0 Å². The van der Waals surface area contributed by atoms with Crippen molar-refractivity contribution >= 4 is 11.7 Å². The Balaban J connectivity index is 1.59. The fourth-order valence-corrected chi connectivity index (χ4v) is 3.18. The lowest BCUT2D eigenvalue weighted by Gasteiger charge is -2.33. The van der Waals surface area contributed by atoms with Crippen molar-refractivity contribution in [2.75, 3.05) is 18.4 Å². The second kappa shape index (κ2) is 7.64. The summed E-state index contributed by atoms with van der Waals surface area (Å²) < 4.78 is 0. The average molecular weight is 338 g/mol. The maximum absolute atomic E-state index is 12.6. The van der Waals surface area contributed by atoms with Crippen molar-refractivity contribution in [3.05, 3.63) is 53.0 Å². The summed E-state index contributed by atoms with van der Waals surface area (Å²) in [6.07, 6.45) is 4.68. The van der Waals surface area contributed by atoms with Crippen LogP contribution in [-0.4, -0.2) is 39.9 Å². The van der Waals surface area contributed by atoms with Crippen LogP contribution in [0, 0.1) is 13.8 Å². The molecule has 0 saturated carbocycles. The van der Waals surface area contributed by atoms with Crippen LogP contribution in [0.15, 0.2) is 30.5 Å². The molecule has 5 nitrogen and oxygen atoms in total. The van der Waals surface area contributed by atoms with Gasteiger partial charge in [0.05, 0.1) is 0 Å². The van der Waals surface area contributed by atoms with Crippen LogP contribution in [0.4, 0.5) is 5.82 Å². The quantitative estimate of drug-likeness (QED) is 0.928. The van der Waals surface area contributed by atoms with Gasteiger partial charge in [-0.1, -0.05) is 24.6 Å². The lowest BCUT2D eigenvalue weighted by atomic mass is 10.0. The lowest BCUT2D eigenvalue weighted by molar-refractivity contribution is 0.0718. The molecular weight excluding hydrogens is 312 g/mol. The lowest BCUT2D eigenvalue weighted by Crippen LogP contribution is -2.42. The van der Waals surface area contributed by atoms with Crippen LogP contribution in [0.3, 0.4) is 0 Å². The van der Waals surface area contributed by atoms with Crippen LogP contribution in [-0.2, 0) is 6.42 Å². The molecule has 0 bridgehead atoms. The van der Waals surface area contributed by atoms with Gasteiger partial charge >= 0.3 is 0 Å². The van der Waals surface area contributed by atoms with Gasteiger partial charge in [-0.3, -0.25) is 4.79 Å². The summed E-state index contributed by atoms with van der Waals surface area (Å²) in [5.74, 6) is 1.86. The molecule has 1 aliphatic rings. The number of carbonyl (C=O) groups is 1. The largest absolute Gasteiger partial charge is 0.367 e. The molecule has 1 amide bonds. The van der Waals surface area contributed by atoms with E-state index in [1.807, 2.05) is 49.2 Å². The third-order valence-electron chi connectivity index (χ3n) is 4.79.